The standard InChI is InChI=1S/C24H23O2PS3/c1-25-21-14-12-19(29-21)23-17-10-6-7-11-18(17)24(20-13-15-22(26-2)30-20)27(23,28)16-8-4-3-5-9-16/h3-5,8-9,12-15H,6-7,10-11H2,1-2H3. The Hall–Kier alpha value is -1.52. The van der Waals surface area contributed by atoms with E-state index in [2.05, 4.69) is 54.6 Å². The zero-order valence-corrected chi connectivity index (χ0v) is 20.4. The van der Waals surface area contributed by atoms with Crippen LogP contribution >= 0.6 is 29.1 Å². The summed E-state index contributed by atoms with van der Waals surface area (Å²) in [7, 11) is 3.48. The highest BCUT2D eigenvalue weighted by Gasteiger charge is 2.49. The van der Waals surface area contributed by atoms with Crippen LogP contribution in [-0.2, 0) is 12.2 Å². The van der Waals surface area contributed by atoms with Crippen LogP contribution in [0.5, 0.6) is 10.1 Å². The maximum absolute atomic E-state index is 6.77. The Morgan fingerprint density at radius 3 is 1.67 bits per heavy atom. The van der Waals surface area contributed by atoms with Crippen LogP contribution in [0, 0.1) is 0 Å². The van der Waals surface area contributed by atoms with Gasteiger partial charge in [0.05, 0.1) is 29.3 Å². The van der Waals surface area contributed by atoms with Crippen LogP contribution in [0.25, 0.3) is 10.6 Å². The maximum atomic E-state index is 6.77. The summed E-state index contributed by atoms with van der Waals surface area (Å²) in [6.45, 7) is -2.18. The summed E-state index contributed by atoms with van der Waals surface area (Å²) in [5.41, 5.74) is 3.00. The lowest BCUT2D eigenvalue weighted by Crippen LogP contribution is -2.09. The summed E-state index contributed by atoms with van der Waals surface area (Å²) >= 11 is 10.2. The summed E-state index contributed by atoms with van der Waals surface area (Å²) < 4.78 is 11.1. The Kier molecular flexibility index (Phi) is 5.57. The summed E-state index contributed by atoms with van der Waals surface area (Å²) in [4.78, 5) is 2.54. The van der Waals surface area contributed by atoms with Gasteiger partial charge in [-0.2, -0.15) is 0 Å². The minimum atomic E-state index is -2.18. The van der Waals surface area contributed by atoms with Gasteiger partial charge in [-0.15, -0.1) is 0 Å². The molecule has 1 aliphatic carbocycles. The smallest absolute Gasteiger partial charge is 0.174 e. The van der Waals surface area contributed by atoms with Gasteiger partial charge in [-0.25, -0.2) is 0 Å². The van der Waals surface area contributed by atoms with Crippen molar-refractivity contribution in [3.63, 3.8) is 0 Å². The van der Waals surface area contributed by atoms with Gasteiger partial charge in [0.1, 0.15) is 10.6 Å². The Morgan fingerprint density at radius 1 is 0.733 bits per heavy atom. The largest absolute Gasteiger partial charge is 0.540 e. The van der Waals surface area contributed by atoms with Gasteiger partial charge >= 0.3 is 0 Å². The molecule has 0 spiro atoms. The van der Waals surface area contributed by atoms with Crippen molar-refractivity contribution in [1.82, 2.24) is 0 Å². The lowest BCUT2D eigenvalue weighted by atomic mass is 9.88. The number of ether oxygens (including phenoxy) is 2. The second kappa shape index (κ2) is 8.20. The van der Waals surface area contributed by atoms with Crippen molar-refractivity contribution in [2.24, 2.45) is 0 Å². The van der Waals surface area contributed by atoms with Crippen LogP contribution in [0.3, 0.4) is 0 Å². The van der Waals surface area contributed by atoms with Crippen molar-refractivity contribution >= 4 is 57.3 Å². The normalized spacial score (nSPS) is 18.0. The first-order valence-electron chi connectivity index (χ1n) is 10.1. The Bertz CT molecular complexity index is 1070. The number of hydrogen-bond donors (Lipinski definition) is 0. The fourth-order valence-electron chi connectivity index (χ4n) is 4.54. The molecule has 1 saturated carbocycles. The van der Waals surface area contributed by atoms with Crippen LogP contribution in [0.4, 0.5) is 0 Å². The van der Waals surface area contributed by atoms with Crippen molar-refractivity contribution < 1.29 is 9.47 Å². The average molecular weight is 471 g/mol. The van der Waals surface area contributed by atoms with Crippen LogP contribution in [0.2, 0.25) is 0 Å². The molecule has 0 N–H and O–H groups in total. The Labute approximate surface area is 191 Å². The third-order valence-electron chi connectivity index (χ3n) is 5.82. The number of methoxy groups -OCH3 is 2. The molecule has 5 rings (SSSR count). The summed E-state index contributed by atoms with van der Waals surface area (Å²) in [5.74, 6) is 0. The van der Waals surface area contributed by atoms with Gasteiger partial charge in [0.2, 0.25) is 0 Å². The minimum Gasteiger partial charge on any atom is -0.540 e. The fraction of sp³-hybridized carbons (Fsp3) is 0.250. The van der Waals surface area contributed by atoms with E-state index in [-0.39, 0.29) is 0 Å². The SMILES string of the molecule is COc1ccc(C2=C3CCCCC3=C(c3ccc(OC)s3)[P+]2([S-])c2ccccc2)s1. The monoisotopic (exact) mass is 470 g/mol. The molecule has 0 bridgehead atoms. The van der Waals surface area contributed by atoms with Crippen LogP contribution in [-0.4, -0.2) is 14.2 Å². The molecule has 2 aromatic heterocycles. The summed E-state index contributed by atoms with van der Waals surface area (Å²) in [6, 6.07) is 19.4. The minimum absolute atomic E-state index is 0.941. The number of allylic oxidation sites excluding steroid dienone is 2. The molecule has 1 aliphatic heterocycles. The molecule has 0 atom stereocenters. The molecule has 1 aromatic carbocycles. The predicted octanol–water partition coefficient (Wildman–Crippen LogP) is 7.34. The third-order valence-corrected chi connectivity index (χ3v) is 13.3. The van der Waals surface area contributed by atoms with E-state index in [1.165, 1.54) is 49.7 Å². The maximum Gasteiger partial charge on any atom is 0.174 e. The van der Waals surface area contributed by atoms with E-state index in [1.807, 2.05) is 0 Å². The lowest BCUT2D eigenvalue weighted by Gasteiger charge is -2.33. The number of rotatable bonds is 5. The average Bonchev–Trinajstić information content (AvgIpc) is 3.50. The Balaban J connectivity index is 1.79. The lowest BCUT2D eigenvalue weighted by molar-refractivity contribution is 0.427. The highest BCUT2D eigenvalue weighted by Crippen LogP contribution is 2.82. The first-order chi connectivity index (χ1) is 14.7. The highest BCUT2D eigenvalue weighted by atomic mass is 32.7. The van der Waals surface area contributed by atoms with Crippen molar-refractivity contribution in [1.29, 1.82) is 0 Å². The van der Waals surface area contributed by atoms with Gasteiger partial charge in [-0.1, -0.05) is 40.9 Å². The molecule has 0 saturated heterocycles. The molecule has 1 fully saturated rings. The van der Waals surface area contributed by atoms with Crippen LogP contribution in [0.1, 0.15) is 35.4 Å². The van der Waals surface area contributed by atoms with Crippen molar-refractivity contribution in [2.75, 3.05) is 14.2 Å². The zero-order valence-electron chi connectivity index (χ0n) is 17.0. The topological polar surface area (TPSA) is 18.5 Å². The van der Waals surface area contributed by atoms with E-state index in [0.29, 0.717) is 0 Å². The fourth-order valence-corrected chi connectivity index (χ4v) is 12.5. The second-order valence-electron chi connectivity index (χ2n) is 7.45. The first-order valence-corrected chi connectivity index (χ1v) is 14.5. The second-order valence-corrected chi connectivity index (χ2v) is 13.8. The van der Waals surface area contributed by atoms with E-state index in [1.54, 1.807) is 36.9 Å². The molecular formula is C24H23O2PS3. The van der Waals surface area contributed by atoms with Gasteiger partial charge in [0, 0.05) is 11.1 Å². The van der Waals surface area contributed by atoms with E-state index in [9.17, 15) is 0 Å². The van der Waals surface area contributed by atoms with Crippen molar-refractivity contribution in [3.8, 4) is 10.1 Å². The van der Waals surface area contributed by atoms with Gasteiger partial charge in [0.15, 0.2) is 10.1 Å². The van der Waals surface area contributed by atoms with E-state index >= 15 is 0 Å². The molecule has 3 aromatic rings. The first kappa shape index (κ1) is 20.4. The van der Waals surface area contributed by atoms with Crippen molar-refractivity contribution in [3.05, 3.63) is 75.5 Å². The summed E-state index contributed by atoms with van der Waals surface area (Å²) in [5, 5.41) is 5.95. The van der Waals surface area contributed by atoms with Gasteiger partial charge in [0.25, 0.3) is 0 Å². The number of hydrogen-bond acceptors (Lipinski definition) is 5. The third kappa shape index (κ3) is 3.18. The number of fused-ring (bicyclic) bond motifs is 1. The molecule has 2 aliphatic rings. The van der Waals surface area contributed by atoms with E-state index < -0.39 is 6.46 Å². The van der Waals surface area contributed by atoms with Crippen LogP contribution < -0.4 is 14.8 Å². The van der Waals surface area contributed by atoms with Crippen LogP contribution in [0.15, 0.2) is 65.7 Å². The molecule has 2 nitrogen and oxygen atoms in total. The molecule has 30 heavy (non-hydrogen) atoms. The predicted molar refractivity (Wildman–Crippen MR) is 134 cm³/mol. The Morgan fingerprint density at radius 2 is 1.23 bits per heavy atom. The van der Waals surface area contributed by atoms with Gasteiger partial charge < -0.3 is 21.7 Å². The molecular weight excluding hydrogens is 447 g/mol. The molecule has 0 amide bonds. The number of benzene rings is 1. The quantitative estimate of drug-likeness (QED) is 0.287. The highest BCUT2D eigenvalue weighted by molar-refractivity contribution is 8.53. The van der Waals surface area contributed by atoms with E-state index in [0.717, 1.165) is 23.0 Å². The molecule has 154 valence electrons. The number of thiophene rings is 2. The summed E-state index contributed by atoms with van der Waals surface area (Å²) in [6.07, 6.45) is 4.69. The van der Waals surface area contributed by atoms with Gasteiger partial charge in [-0.3, -0.25) is 0 Å². The molecule has 0 radical (unpaired) electrons. The molecule has 6 heteroatoms. The molecule has 3 heterocycles. The van der Waals surface area contributed by atoms with Gasteiger partial charge in [-0.05, 0) is 68.5 Å². The van der Waals surface area contributed by atoms with Crippen molar-refractivity contribution in [2.45, 2.75) is 25.7 Å². The van der Waals surface area contributed by atoms with E-state index in [4.69, 9.17) is 21.7 Å². The zero-order chi connectivity index (χ0) is 20.7. The molecule has 0 unspecified atom stereocenters.